The molecule has 3 nitrogen and oxygen atoms in total. The second-order valence-corrected chi connectivity index (χ2v) is 5.78. The summed E-state index contributed by atoms with van der Waals surface area (Å²) in [5, 5.41) is 6.21. The van der Waals surface area contributed by atoms with Crippen molar-refractivity contribution in [3.63, 3.8) is 0 Å². The van der Waals surface area contributed by atoms with Crippen molar-refractivity contribution in [1.82, 2.24) is 10.6 Å². The van der Waals surface area contributed by atoms with Crippen molar-refractivity contribution >= 4 is 30.1 Å². The maximum Gasteiger partial charge on any atom is 0.251 e. The third-order valence-electron chi connectivity index (χ3n) is 2.81. The number of carbonyl (C=O) groups excluding carboxylic acids is 1. The summed E-state index contributed by atoms with van der Waals surface area (Å²) in [4.78, 5) is 11.9. The summed E-state index contributed by atoms with van der Waals surface area (Å²) >= 11 is 1.89. The molecule has 0 spiro atoms. The Labute approximate surface area is 132 Å². The molecule has 1 amide bonds. The number of halogens is 1. The number of carbonyl (C=O) groups is 1. The minimum atomic E-state index is -0.000511. The van der Waals surface area contributed by atoms with E-state index in [4.69, 9.17) is 0 Å². The first-order valence-electron chi connectivity index (χ1n) is 6.85. The fourth-order valence-corrected chi connectivity index (χ4v) is 2.37. The highest BCUT2D eigenvalue weighted by Crippen LogP contribution is 2.12. The second-order valence-electron chi connectivity index (χ2n) is 4.50. The summed E-state index contributed by atoms with van der Waals surface area (Å²) in [6, 6.07) is 8.17. The molecule has 5 heteroatoms. The highest BCUT2D eigenvalue weighted by molar-refractivity contribution is 7.98. The summed E-state index contributed by atoms with van der Waals surface area (Å²) in [6.45, 7) is 7.85. The summed E-state index contributed by atoms with van der Waals surface area (Å²) in [5.41, 5.74) is 2.00. The molecule has 0 radical (unpaired) electrons. The van der Waals surface area contributed by atoms with Crippen LogP contribution in [0, 0.1) is 0 Å². The summed E-state index contributed by atoms with van der Waals surface area (Å²) in [5.74, 6) is 2.12. The Bertz CT molecular complexity index is 384. The van der Waals surface area contributed by atoms with E-state index in [1.807, 2.05) is 36.0 Å². The zero-order chi connectivity index (χ0) is 14.1. The van der Waals surface area contributed by atoms with E-state index in [-0.39, 0.29) is 18.3 Å². The molecule has 1 aromatic rings. The SMILES string of the molecule is CCN[C@H](C)CNC(=O)c1ccc(CSCC)cc1.Cl. The molecule has 0 saturated heterocycles. The lowest BCUT2D eigenvalue weighted by atomic mass is 10.1. The lowest BCUT2D eigenvalue weighted by molar-refractivity contribution is 0.0950. The van der Waals surface area contributed by atoms with Crippen molar-refractivity contribution in [3.8, 4) is 0 Å². The van der Waals surface area contributed by atoms with E-state index in [0.717, 1.165) is 23.6 Å². The first-order chi connectivity index (χ1) is 9.17. The third-order valence-corrected chi connectivity index (χ3v) is 3.76. The molecule has 0 aromatic heterocycles. The number of rotatable bonds is 8. The number of benzene rings is 1. The van der Waals surface area contributed by atoms with Crippen LogP contribution in [-0.4, -0.2) is 30.8 Å². The van der Waals surface area contributed by atoms with Crippen molar-refractivity contribution in [2.24, 2.45) is 0 Å². The zero-order valence-corrected chi connectivity index (χ0v) is 14.1. The topological polar surface area (TPSA) is 41.1 Å². The minimum Gasteiger partial charge on any atom is -0.350 e. The summed E-state index contributed by atoms with van der Waals surface area (Å²) in [6.07, 6.45) is 0. The van der Waals surface area contributed by atoms with Crippen LogP contribution in [0.25, 0.3) is 0 Å². The number of hydrogen-bond donors (Lipinski definition) is 2. The van der Waals surface area contributed by atoms with Crippen molar-refractivity contribution in [2.75, 3.05) is 18.8 Å². The van der Waals surface area contributed by atoms with Crippen LogP contribution in [0.15, 0.2) is 24.3 Å². The molecule has 114 valence electrons. The van der Waals surface area contributed by atoms with Crippen molar-refractivity contribution in [3.05, 3.63) is 35.4 Å². The molecule has 0 bridgehead atoms. The van der Waals surface area contributed by atoms with E-state index in [9.17, 15) is 4.79 Å². The van der Waals surface area contributed by atoms with Crippen LogP contribution in [0.3, 0.4) is 0 Å². The van der Waals surface area contributed by atoms with Gasteiger partial charge in [0.05, 0.1) is 0 Å². The van der Waals surface area contributed by atoms with Gasteiger partial charge >= 0.3 is 0 Å². The molecule has 0 aliphatic carbocycles. The van der Waals surface area contributed by atoms with Gasteiger partial charge in [0.25, 0.3) is 5.91 Å². The van der Waals surface area contributed by atoms with E-state index >= 15 is 0 Å². The molecule has 1 atom stereocenters. The van der Waals surface area contributed by atoms with E-state index in [1.54, 1.807) is 0 Å². The number of nitrogens with one attached hydrogen (secondary N) is 2. The molecule has 0 heterocycles. The largest absolute Gasteiger partial charge is 0.350 e. The highest BCUT2D eigenvalue weighted by Gasteiger charge is 2.07. The zero-order valence-electron chi connectivity index (χ0n) is 12.4. The van der Waals surface area contributed by atoms with Crippen LogP contribution in [0.4, 0.5) is 0 Å². The van der Waals surface area contributed by atoms with Gasteiger partial charge in [0.1, 0.15) is 0 Å². The maximum absolute atomic E-state index is 11.9. The van der Waals surface area contributed by atoms with E-state index in [2.05, 4.69) is 31.4 Å². The van der Waals surface area contributed by atoms with Gasteiger partial charge < -0.3 is 10.6 Å². The van der Waals surface area contributed by atoms with Gasteiger partial charge in [-0.2, -0.15) is 11.8 Å². The first kappa shape index (κ1) is 19.3. The van der Waals surface area contributed by atoms with Gasteiger partial charge in [0.15, 0.2) is 0 Å². The standard InChI is InChI=1S/C15H24N2OS.ClH/c1-4-16-12(3)10-17-15(18)14-8-6-13(7-9-14)11-19-5-2;/h6-9,12,16H,4-5,10-11H2,1-3H3,(H,17,18);1H/t12-;/m1./s1. The maximum atomic E-state index is 11.9. The van der Waals surface area contributed by atoms with E-state index < -0.39 is 0 Å². The molecule has 0 saturated carbocycles. The lowest BCUT2D eigenvalue weighted by Gasteiger charge is -2.13. The van der Waals surface area contributed by atoms with Gasteiger partial charge in [0.2, 0.25) is 0 Å². The Kier molecular flexibility index (Phi) is 10.6. The number of hydrogen-bond acceptors (Lipinski definition) is 3. The van der Waals surface area contributed by atoms with Gasteiger partial charge in [-0.25, -0.2) is 0 Å². The van der Waals surface area contributed by atoms with Crippen molar-refractivity contribution in [1.29, 1.82) is 0 Å². The van der Waals surface area contributed by atoms with Gasteiger partial charge in [-0.1, -0.05) is 26.0 Å². The van der Waals surface area contributed by atoms with E-state index in [1.165, 1.54) is 5.56 Å². The second kappa shape index (κ2) is 11.0. The third kappa shape index (κ3) is 7.17. The minimum absolute atomic E-state index is 0. The Morgan fingerprint density at radius 1 is 1.25 bits per heavy atom. The molecule has 1 aromatic carbocycles. The highest BCUT2D eigenvalue weighted by atomic mass is 35.5. The Morgan fingerprint density at radius 3 is 2.45 bits per heavy atom. The molecular formula is C15H25ClN2OS. The van der Waals surface area contributed by atoms with Gasteiger partial charge in [-0.3, -0.25) is 4.79 Å². The number of amides is 1. The quantitative estimate of drug-likeness (QED) is 0.774. The lowest BCUT2D eigenvalue weighted by Crippen LogP contribution is -2.38. The molecular weight excluding hydrogens is 292 g/mol. The molecule has 0 fully saturated rings. The smallest absolute Gasteiger partial charge is 0.251 e. The fourth-order valence-electron chi connectivity index (χ4n) is 1.74. The predicted octanol–water partition coefficient (Wildman–Crippen LogP) is 3.09. The molecule has 20 heavy (non-hydrogen) atoms. The Hall–Kier alpha value is -0.710. The molecule has 0 aliphatic rings. The average molecular weight is 317 g/mol. The molecule has 0 aliphatic heterocycles. The van der Waals surface area contributed by atoms with Crippen LogP contribution in [-0.2, 0) is 5.75 Å². The van der Waals surface area contributed by atoms with E-state index in [0.29, 0.717) is 12.6 Å². The summed E-state index contributed by atoms with van der Waals surface area (Å²) in [7, 11) is 0. The number of thioether (sulfide) groups is 1. The normalized spacial score (nSPS) is 11.6. The summed E-state index contributed by atoms with van der Waals surface area (Å²) < 4.78 is 0. The van der Waals surface area contributed by atoms with Gasteiger partial charge in [0, 0.05) is 23.9 Å². The van der Waals surface area contributed by atoms with Gasteiger partial charge in [-0.15, -0.1) is 12.4 Å². The molecule has 1 rings (SSSR count). The van der Waals surface area contributed by atoms with Crippen LogP contribution in [0.5, 0.6) is 0 Å². The van der Waals surface area contributed by atoms with Crippen molar-refractivity contribution < 1.29 is 4.79 Å². The van der Waals surface area contributed by atoms with Crippen LogP contribution in [0.2, 0.25) is 0 Å². The Balaban J connectivity index is 0.00000361. The van der Waals surface area contributed by atoms with Crippen LogP contribution in [0.1, 0.15) is 36.7 Å². The fraction of sp³-hybridized carbons (Fsp3) is 0.533. The predicted molar refractivity (Wildman–Crippen MR) is 91.0 cm³/mol. The van der Waals surface area contributed by atoms with Crippen molar-refractivity contribution in [2.45, 2.75) is 32.6 Å². The Morgan fingerprint density at radius 2 is 1.90 bits per heavy atom. The number of likely N-dealkylation sites (N-methyl/N-ethyl adjacent to an activating group) is 1. The van der Waals surface area contributed by atoms with Crippen LogP contribution >= 0.6 is 24.2 Å². The monoisotopic (exact) mass is 316 g/mol. The van der Waals surface area contributed by atoms with Crippen LogP contribution < -0.4 is 10.6 Å². The molecule has 2 N–H and O–H groups in total. The first-order valence-corrected chi connectivity index (χ1v) is 8.01. The molecule has 0 unspecified atom stereocenters. The van der Waals surface area contributed by atoms with Gasteiger partial charge in [-0.05, 0) is 36.9 Å². The average Bonchev–Trinajstić information content (AvgIpc) is 2.43.